The van der Waals surface area contributed by atoms with Crippen molar-refractivity contribution in [3.8, 4) is 0 Å². The van der Waals surface area contributed by atoms with Gasteiger partial charge in [-0.15, -0.1) is 0 Å². The Labute approximate surface area is 219 Å². The zero-order chi connectivity index (χ0) is 27.4. The number of hydrogen-bond donors (Lipinski definition) is 0. The van der Waals surface area contributed by atoms with Gasteiger partial charge in [-0.3, -0.25) is 0 Å². The fourth-order valence-corrected chi connectivity index (χ4v) is 5.83. The van der Waals surface area contributed by atoms with Gasteiger partial charge in [-0.2, -0.15) is 0 Å². The molecule has 0 amide bonds. The highest BCUT2D eigenvalue weighted by Gasteiger charge is 2.37. The Morgan fingerprint density at radius 1 is 0.514 bits per heavy atom. The standard InChI is InChI=1S/C35H56/c1-23(24-19-17-18-20-26(24)31(2,3)4)21-25-27(32(5,6)7)22-28(33(8,9)10)30(35(14,15)16)29(25)34(11,12)13/h17-20,22-23H,21H2,1-16H3. The monoisotopic (exact) mass is 476 g/mol. The molecule has 0 aliphatic heterocycles. The predicted molar refractivity (Wildman–Crippen MR) is 159 cm³/mol. The normalized spacial score (nSPS) is 14.9. The summed E-state index contributed by atoms with van der Waals surface area (Å²) in [6, 6.07) is 11.7. The van der Waals surface area contributed by atoms with Gasteiger partial charge in [-0.1, -0.05) is 141 Å². The highest BCUT2D eigenvalue weighted by Crippen LogP contribution is 2.47. The van der Waals surface area contributed by atoms with Crippen LogP contribution < -0.4 is 0 Å². The highest BCUT2D eigenvalue weighted by atomic mass is 14.4. The maximum atomic E-state index is 2.59. The van der Waals surface area contributed by atoms with Gasteiger partial charge in [0.15, 0.2) is 0 Å². The second-order valence-electron chi connectivity index (χ2n) is 16.1. The Hall–Kier alpha value is -1.56. The third kappa shape index (κ3) is 6.61. The smallest absolute Gasteiger partial charge is 0.0126 e. The molecular weight excluding hydrogens is 420 g/mol. The largest absolute Gasteiger partial charge is 0.0620 e. The van der Waals surface area contributed by atoms with Crippen LogP contribution in [0.2, 0.25) is 0 Å². The van der Waals surface area contributed by atoms with Crippen LogP contribution in [0.1, 0.15) is 156 Å². The minimum atomic E-state index is 0.0580. The molecule has 2 aromatic carbocycles. The van der Waals surface area contributed by atoms with Crippen molar-refractivity contribution >= 4 is 0 Å². The van der Waals surface area contributed by atoms with Gasteiger partial charge < -0.3 is 0 Å². The molecule has 0 aliphatic rings. The summed E-state index contributed by atoms with van der Waals surface area (Å²) in [6.07, 6.45) is 1.07. The Morgan fingerprint density at radius 3 is 1.34 bits per heavy atom. The fourth-order valence-electron chi connectivity index (χ4n) is 5.83. The summed E-state index contributed by atoms with van der Waals surface area (Å²) >= 11 is 0. The number of rotatable bonds is 3. The van der Waals surface area contributed by atoms with Gasteiger partial charge in [0, 0.05) is 0 Å². The molecule has 0 aromatic heterocycles. The first-order valence-corrected chi connectivity index (χ1v) is 13.8. The van der Waals surface area contributed by atoms with Gasteiger partial charge >= 0.3 is 0 Å². The van der Waals surface area contributed by atoms with Crippen LogP contribution in [0.4, 0.5) is 0 Å². The van der Waals surface area contributed by atoms with Crippen LogP contribution in [0.5, 0.6) is 0 Å². The molecule has 2 aromatic rings. The van der Waals surface area contributed by atoms with Crippen molar-refractivity contribution in [3.05, 3.63) is 69.3 Å². The molecule has 1 atom stereocenters. The fraction of sp³-hybridized carbons (Fsp3) is 0.657. The van der Waals surface area contributed by atoms with Crippen LogP contribution >= 0.6 is 0 Å². The van der Waals surface area contributed by atoms with Crippen molar-refractivity contribution in [1.82, 2.24) is 0 Å². The van der Waals surface area contributed by atoms with Crippen LogP contribution in [-0.4, -0.2) is 0 Å². The lowest BCUT2D eigenvalue weighted by Gasteiger charge is -2.41. The SMILES string of the molecule is CC(Cc1c(C(C)(C)C)cc(C(C)(C)C)c(C(C)(C)C)c1C(C)(C)C)c1ccccc1C(C)(C)C. The van der Waals surface area contributed by atoms with E-state index < -0.39 is 0 Å². The van der Waals surface area contributed by atoms with Crippen molar-refractivity contribution < 1.29 is 0 Å². The molecule has 0 nitrogen and oxygen atoms in total. The lowest BCUT2D eigenvalue weighted by molar-refractivity contribution is 0.481. The van der Waals surface area contributed by atoms with E-state index in [2.05, 4.69) is 141 Å². The van der Waals surface area contributed by atoms with E-state index in [4.69, 9.17) is 0 Å². The van der Waals surface area contributed by atoms with Crippen molar-refractivity contribution in [1.29, 1.82) is 0 Å². The second kappa shape index (κ2) is 9.39. The van der Waals surface area contributed by atoms with Gasteiger partial charge in [0.2, 0.25) is 0 Å². The summed E-state index contributed by atoms with van der Waals surface area (Å²) in [4.78, 5) is 0. The predicted octanol–water partition coefficient (Wildman–Crippen LogP) is 10.5. The van der Waals surface area contributed by atoms with Gasteiger partial charge in [-0.25, -0.2) is 0 Å². The molecule has 0 N–H and O–H groups in total. The summed E-state index contributed by atoms with van der Waals surface area (Å²) in [5.41, 5.74) is 11.2. The summed E-state index contributed by atoms with van der Waals surface area (Å²) < 4.78 is 0. The minimum absolute atomic E-state index is 0.0580. The van der Waals surface area contributed by atoms with Crippen LogP contribution in [0.25, 0.3) is 0 Å². The Morgan fingerprint density at radius 2 is 0.943 bits per heavy atom. The maximum absolute atomic E-state index is 2.59. The van der Waals surface area contributed by atoms with Crippen LogP contribution in [0.3, 0.4) is 0 Å². The van der Waals surface area contributed by atoms with Crippen LogP contribution in [-0.2, 0) is 33.5 Å². The lowest BCUT2D eigenvalue weighted by Crippen LogP contribution is -2.32. The maximum Gasteiger partial charge on any atom is -0.0126 e. The molecule has 0 heteroatoms. The third-order valence-corrected chi connectivity index (χ3v) is 7.36. The highest BCUT2D eigenvalue weighted by molar-refractivity contribution is 5.56. The third-order valence-electron chi connectivity index (χ3n) is 7.36. The molecule has 2 rings (SSSR count). The van der Waals surface area contributed by atoms with Crippen molar-refractivity contribution in [2.75, 3.05) is 0 Å². The summed E-state index contributed by atoms with van der Waals surface area (Å²) in [5.74, 6) is 0.445. The molecule has 0 heterocycles. The molecule has 1 unspecified atom stereocenters. The molecule has 0 aliphatic carbocycles. The molecule has 0 bridgehead atoms. The average molecular weight is 477 g/mol. The van der Waals surface area contributed by atoms with Crippen molar-refractivity contribution in [2.45, 2.75) is 150 Å². The van der Waals surface area contributed by atoms with E-state index >= 15 is 0 Å². The van der Waals surface area contributed by atoms with E-state index in [1.54, 1.807) is 16.7 Å². The van der Waals surface area contributed by atoms with E-state index in [1.807, 2.05) is 0 Å². The first-order valence-electron chi connectivity index (χ1n) is 13.8. The van der Waals surface area contributed by atoms with E-state index in [-0.39, 0.29) is 27.1 Å². The summed E-state index contributed by atoms with van der Waals surface area (Å²) in [7, 11) is 0. The quantitative estimate of drug-likeness (QED) is 0.413. The van der Waals surface area contributed by atoms with Gasteiger partial charge in [0.05, 0.1) is 0 Å². The molecular formula is C35H56. The van der Waals surface area contributed by atoms with E-state index in [1.165, 1.54) is 22.3 Å². The Kier molecular flexibility index (Phi) is 7.96. The average Bonchev–Trinajstić information content (AvgIpc) is 2.63. The number of hydrogen-bond acceptors (Lipinski definition) is 0. The second-order valence-corrected chi connectivity index (χ2v) is 16.1. The topological polar surface area (TPSA) is 0 Å². The zero-order valence-corrected chi connectivity index (χ0v) is 26.2. The first-order chi connectivity index (χ1) is 15.5. The molecule has 0 fully saturated rings. The van der Waals surface area contributed by atoms with Gasteiger partial charge in [-0.05, 0) is 78.4 Å². The molecule has 0 saturated carbocycles. The van der Waals surface area contributed by atoms with Crippen LogP contribution in [0.15, 0.2) is 30.3 Å². The van der Waals surface area contributed by atoms with Crippen LogP contribution in [0, 0.1) is 0 Å². The van der Waals surface area contributed by atoms with E-state index in [0.717, 1.165) is 6.42 Å². The molecule has 196 valence electrons. The zero-order valence-electron chi connectivity index (χ0n) is 26.2. The first kappa shape index (κ1) is 29.7. The molecule has 0 radical (unpaired) electrons. The van der Waals surface area contributed by atoms with Gasteiger partial charge in [0.25, 0.3) is 0 Å². The molecule has 35 heavy (non-hydrogen) atoms. The van der Waals surface area contributed by atoms with E-state index in [9.17, 15) is 0 Å². The summed E-state index contributed by atoms with van der Waals surface area (Å²) in [5, 5.41) is 0. The summed E-state index contributed by atoms with van der Waals surface area (Å²) in [6.45, 7) is 38.3. The lowest BCUT2D eigenvalue weighted by atomic mass is 9.63. The molecule has 0 spiro atoms. The molecule has 0 saturated heterocycles. The van der Waals surface area contributed by atoms with Crippen molar-refractivity contribution in [2.24, 2.45) is 0 Å². The van der Waals surface area contributed by atoms with Crippen molar-refractivity contribution in [3.63, 3.8) is 0 Å². The van der Waals surface area contributed by atoms with E-state index in [0.29, 0.717) is 5.92 Å². The van der Waals surface area contributed by atoms with Gasteiger partial charge in [0.1, 0.15) is 0 Å². The number of benzene rings is 2. The Bertz CT molecular complexity index is 1030. The minimum Gasteiger partial charge on any atom is -0.0620 e. The Balaban J connectivity index is 3.00.